The van der Waals surface area contributed by atoms with E-state index in [1.54, 1.807) is 6.07 Å². The van der Waals surface area contributed by atoms with E-state index < -0.39 is 11.7 Å². The lowest BCUT2D eigenvalue weighted by Gasteiger charge is -2.38. The zero-order valence-electron chi connectivity index (χ0n) is 11.2. The number of alkyl halides is 3. The second-order valence-electron chi connectivity index (χ2n) is 4.96. The first-order chi connectivity index (χ1) is 8.93. The van der Waals surface area contributed by atoms with Crippen LogP contribution < -0.4 is 10.2 Å². The number of nitrogens with one attached hydrogen (secondary N) is 1. The van der Waals surface area contributed by atoms with Crippen molar-refractivity contribution in [1.82, 2.24) is 5.32 Å². The minimum Gasteiger partial charge on any atom is -0.366 e. The molecule has 1 unspecified atom stereocenters. The number of halogens is 3. The topological polar surface area (TPSA) is 15.3 Å². The second-order valence-corrected chi connectivity index (χ2v) is 4.96. The monoisotopic (exact) mass is 272 g/mol. The zero-order chi connectivity index (χ0) is 14.0. The highest BCUT2D eigenvalue weighted by atomic mass is 19.4. The van der Waals surface area contributed by atoms with Crippen LogP contribution in [0.15, 0.2) is 18.2 Å². The summed E-state index contributed by atoms with van der Waals surface area (Å²) in [6, 6.07) is 4.26. The molecule has 1 aromatic rings. The first-order valence-electron chi connectivity index (χ1n) is 6.58. The molecule has 5 heteroatoms. The van der Waals surface area contributed by atoms with Crippen molar-refractivity contribution < 1.29 is 13.2 Å². The summed E-state index contributed by atoms with van der Waals surface area (Å²) in [5, 5.41) is 3.29. The number of rotatable bonds is 2. The number of hydrogen-bond donors (Lipinski definition) is 1. The van der Waals surface area contributed by atoms with Gasteiger partial charge in [-0.15, -0.1) is 0 Å². The van der Waals surface area contributed by atoms with Crippen molar-refractivity contribution in [2.75, 3.05) is 24.5 Å². The first-order valence-corrected chi connectivity index (χ1v) is 6.58. The van der Waals surface area contributed by atoms with E-state index in [0.29, 0.717) is 5.69 Å². The Bertz CT molecular complexity index is 443. The first kappa shape index (κ1) is 14.2. The molecule has 1 N–H and O–H groups in total. The van der Waals surface area contributed by atoms with Crippen molar-refractivity contribution in [3.05, 3.63) is 29.3 Å². The molecule has 1 aliphatic rings. The summed E-state index contributed by atoms with van der Waals surface area (Å²) < 4.78 is 38.4. The maximum absolute atomic E-state index is 12.8. The number of anilines is 1. The van der Waals surface area contributed by atoms with Gasteiger partial charge in [0.25, 0.3) is 0 Å². The highest BCUT2D eigenvalue weighted by molar-refractivity contribution is 5.56. The van der Waals surface area contributed by atoms with Gasteiger partial charge in [0, 0.05) is 31.4 Å². The highest BCUT2D eigenvalue weighted by Gasteiger charge is 2.32. The van der Waals surface area contributed by atoms with E-state index in [1.165, 1.54) is 6.07 Å². The van der Waals surface area contributed by atoms with Gasteiger partial charge in [-0.2, -0.15) is 13.2 Å². The second kappa shape index (κ2) is 5.41. The number of piperazine rings is 1. The maximum Gasteiger partial charge on any atom is 0.416 e. The molecule has 19 heavy (non-hydrogen) atoms. The van der Waals surface area contributed by atoms with Gasteiger partial charge in [0.1, 0.15) is 0 Å². The van der Waals surface area contributed by atoms with E-state index in [2.05, 4.69) is 17.1 Å². The van der Waals surface area contributed by atoms with Crippen molar-refractivity contribution >= 4 is 5.69 Å². The summed E-state index contributed by atoms with van der Waals surface area (Å²) >= 11 is 0. The smallest absolute Gasteiger partial charge is 0.366 e. The molecule has 1 aliphatic heterocycles. The molecular formula is C14H19F3N2. The van der Waals surface area contributed by atoms with E-state index >= 15 is 0 Å². The van der Waals surface area contributed by atoms with Crippen LogP contribution in [0.2, 0.25) is 0 Å². The van der Waals surface area contributed by atoms with Gasteiger partial charge in [-0.3, -0.25) is 0 Å². The van der Waals surface area contributed by atoms with Crippen LogP contribution in [-0.4, -0.2) is 25.7 Å². The van der Waals surface area contributed by atoms with Crippen molar-refractivity contribution in [3.63, 3.8) is 0 Å². The van der Waals surface area contributed by atoms with E-state index in [9.17, 15) is 13.2 Å². The van der Waals surface area contributed by atoms with Crippen LogP contribution in [0, 0.1) is 6.92 Å². The van der Waals surface area contributed by atoms with Crippen LogP contribution in [0.5, 0.6) is 0 Å². The molecule has 1 fully saturated rings. The maximum atomic E-state index is 12.8. The van der Waals surface area contributed by atoms with Crippen LogP contribution in [0.1, 0.15) is 24.5 Å². The standard InChI is InChI=1S/C14H19F3N2/c1-3-12-9-18-6-7-19(12)13-8-11(14(15,16)17)5-4-10(13)2/h4-5,8,12,18H,3,6-7,9H2,1-2H3. The van der Waals surface area contributed by atoms with Gasteiger partial charge in [0.05, 0.1) is 5.56 Å². The lowest BCUT2D eigenvalue weighted by molar-refractivity contribution is -0.137. The van der Waals surface area contributed by atoms with Crippen LogP contribution in [0.25, 0.3) is 0 Å². The third-order valence-corrected chi connectivity index (χ3v) is 3.67. The molecule has 0 aliphatic carbocycles. The Morgan fingerprint density at radius 3 is 2.74 bits per heavy atom. The lowest BCUT2D eigenvalue weighted by Crippen LogP contribution is -2.51. The van der Waals surface area contributed by atoms with Gasteiger partial charge in [-0.05, 0) is 31.0 Å². The third-order valence-electron chi connectivity index (χ3n) is 3.67. The molecule has 0 saturated carbocycles. The number of nitrogens with zero attached hydrogens (tertiary/aromatic N) is 1. The van der Waals surface area contributed by atoms with Crippen molar-refractivity contribution in [1.29, 1.82) is 0 Å². The van der Waals surface area contributed by atoms with E-state index in [4.69, 9.17) is 0 Å². The molecule has 1 aromatic carbocycles. The Morgan fingerprint density at radius 1 is 1.37 bits per heavy atom. The largest absolute Gasteiger partial charge is 0.416 e. The lowest BCUT2D eigenvalue weighted by atomic mass is 10.0. The summed E-state index contributed by atoms with van der Waals surface area (Å²) in [6.45, 7) is 6.32. The number of aryl methyl sites for hydroxylation is 1. The summed E-state index contributed by atoms with van der Waals surface area (Å²) in [7, 11) is 0. The molecule has 0 bridgehead atoms. The molecule has 106 valence electrons. The van der Waals surface area contributed by atoms with Crippen LogP contribution in [0.4, 0.5) is 18.9 Å². The molecule has 0 amide bonds. The summed E-state index contributed by atoms with van der Waals surface area (Å²) in [6.07, 6.45) is -3.36. The van der Waals surface area contributed by atoms with E-state index in [-0.39, 0.29) is 6.04 Å². The fourth-order valence-corrected chi connectivity index (χ4v) is 2.54. The fraction of sp³-hybridized carbons (Fsp3) is 0.571. The Hall–Kier alpha value is -1.23. The van der Waals surface area contributed by atoms with Gasteiger partial charge < -0.3 is 10.2 Å². The Labute approximate surface area is 111 Å². The molecular weight excluding hydrogens is 253 g/mol. The fourth-order valence-electron chi connectivity index (χ4n) is 2.54. The predicted octanol–water partition coefficient (Wildman–Crippen LogP) is 3.20. The average Bonchev–Trinajstić information content (AvgIpc) is 2.38. The van der Waals surface area contributed by atoms with E-state index in [1.807, 2.05) is 6.92 Å². The van der Waals surface area contributed by atoms with Crippen molar-refractivity contribution in [2.24, 2.45) is 0 Å². The highest BCUT2D eigenvalue weighted by Crippen LogP contribution is 2.34. The molecule has 0 radical (unpaired) electrons. The van der Waals surface area contributed by atoms with Crippen molar-refractivity contribution in [2.45, 2.75) is 32.5 Å². The molecule has 1 atom stereocenters. The van der Waals surface area contributed by atoms with Crippen LogP contribution in [-0.2, 0) is 6.18 Å². The van der Waals surface area contributed by atoms with Gasteiger partial charge in [0.2, 0.25) is 0 Å². The van der Waals surface area contributed by atoms with Crippen LogP contribution >= 0.6 is 0 Å². The Kier molecular flexibility index (Phi) is 4.04. The molecule has 2 rings (SSSR count). The minimum atomic E-state index is -4.28. The van der Waals surface area contributed by atoms with Gasteiger partial charge >= 0.3 is 6.18 Å². The summed E-state index contributed by atoms with van der Waals surface area (Å²) in [4.78, 5) is 2.10. The minimum absolute atomic E-state index is 0.260. The Morgan fingerprint density at radius 2 is 2.11 bits per heavy atom. The SMILES string of the molecule is CCC1CNCCN1c1cc(C(F)(F)F)ccc1C. The third kappa shape index (κ3) is 3.03. The number of hydrogen-bond acceptors (Lipinski definition) is 2. The van der Waals surface area contributed by atoms with E-state index in [0.717, 1.165) is 37.7 Å². The van der Waals surface area contributed by atoms with Gasteiger partial charge in [0.15, 0.2) is 0 Å². The summed E-state index contributed by atoms with van der Waals surface area (Å²) in [5.41, 5.74) is 1.04. The van der Waals surface area contributed by atoms with Gasteiger partial charge in [-0.25, -0.2) is 0 Å². The number of benzene rings is 1. The summed E-state index contributed by atoms with van der Waals surface area (Å²) in [5.74, 6) is 0. The quantitative estimate of drug-likeness (QED) is 0.889. The predicted molar refractivity (Wildman–Crippen MR) is 70.5 cm³/mol. The molecule has 2 nitrogen and oxygen atoms in total. The Balaban J connectivity index is 2.37. The van der Waals surface area contributed by atoms with Gasteiger partial charge in [-0.1, -0.05) is 13.0 Å². The molecule has 1 heterocycles. The van der Waals surface area contributed by atoms with Crippen LogP contribution in [0.3, 0.4) is 0 Å². The zero-order valence-corrected chi connectivity index (χ0v) is 11.2. The molecule has 1 saturated heterocycles. The average molecular weight is 272 g/mol. The van der Waals surface area contributed by atoms with Crippen molar-refractivity contribution in [3.8, 4) is 0 Å². The normalized spacial score (nSPS) is 20.7. The molecule has 0 spiro atoms. The molecule has 0 aromatic heterocycles.